The van der Waals surface area contributed by atoms with Gasteiger partial charge < -0.3 is 19.1 Å². The van der Waals surface area contributed by atoms with Gasteiger partial charge in [-0.3, -0.25) is 4.79 Å². The molecule has 176 valence electrons. The average Bonchev–Trinajstić information content (AvgIpc) is 3.58. The van der Waals surface area contributed by atoms with E-state index in [1.54, 1.807) is 12.1 Å². The van der Waals surface area contributed by atoms with E-state index in [0.29, 0.717) is 12.1 Å². The Hall–Kier alpha value is -3.82. The number of amides is 1. The van der Waals surface area contributed by atoms with Crippen LogP contribution in [0.4, 0.5) is 24.7 Å². The van der Waals surface area contributed by atoms with Crippen LogP contribution in [-0.4, -0.2) is 40.1 Å². The van der Waals surface area contributed by atoms with Gasteiger partial charge in [0.15, 0.2) is 11.6 Å². The van der Waals surface area contributed by atoms with Crippen molar-refractivity contribution in [2.24, 2.45) is 0 Å². The third kappa shape index (κ3) is 3.78. The quantitative estimate of drug-likeness (QED) is 0.427. The van der Waals surface area contributed by atoms with E-state index in [9.17, 15) is 18.0 Å². The Morgan fingerprint density at radius 2 is 2.12 bits per heavy atom. The molecule has 1 aliphatic heterocycles. The zero-order valence-electron chi connectivity index (χ0n) is 18.3. The first-order valence-corrected chi connectivity index (χ1v) is 10.8. The normalized spacial score (nSPS) is 15.0. The van der Waals surface area contributed by atoms with E-state index >= 15 is 0 Å². The van der Waals surface area contributed by atoms with Crippen molar-refractivity contribution in [1.82, 2.24) is 14.5 Å². The van der Waals surface area contributed by atoms with E-state index in [-0.39, 0.29) is 11.6 Å². The summed E-state index contributed by atoms with van der Waals surface area (Å²) in [6.45, 7) is 1.16. The number of anilines is 2. The highest BCUT2D eigenvalue weighted by molar-refractivity contribution is 6.04. The number of benzene rings is 1. The molecule has 1 amide bonds. The molecule has 0 bridgehead atoms. The van der Waals surface area contributed by atoms with Crippen LogP contribution in [0, 0.1) is 0 Å². The van der Waals surface area contributed by atoms with E-state index in [0.717, 1.165) is 48.5 Å². The van der Waals surface area contributed by atoms with Gasteiger partial charge in [0.2, 0.25) is 0 Å². The van der Waals surface area contributed by atoms with Gasteiger partial charge in [-0.05, 0) is 43.2 Å². The molecule has 1 unspecified atom stereocenters. The fraction of sp³-hybridized carbons (Fsp3) is 0.292. The minimum atomic E-state index is -2.98. The summed E-state index contributed by atoms with van der Waals surface area (Å²) in [4.78, 5) is 19.4. The number of fused-ring (bicyclic) bond motifs is 2. The van der Waals surface area contributed by atoms with Gasteiger partial charge in [-0.2, -0.15) is 0 Å². The maximum Gasteiger partial charge on any atom is 0.256 e. The zero-order chi connectivity index (χ0) is 23.9. The fourth-order valence-corrected chi connectivity index (χ4v) is 4.07. The lowest BCUT2D eigenvalue weighted by Gasteiger charge is -2.21. The molecule has 3 aromatic heterocycles. The third-order valence-corrected chi connectivity index (χ3v) is 6.26. The van der Waals surface area contributed by atoms with Crippen molar-refractivity contribution >= 4 is 23.1 Å². The smallest absolute Gasteiger partial charge is 0.256 e. The molecule has 0 saturated heterocycles. The molecule has 4 aromatic rings. The van der Waals surface area contributed by atoms with Gasteiger partial charge in [-0.15, -0.1) is 0 Å². The molecule has 0 aliphatic carbocycles. The molecule has 1 aliphatic rings. The molecule has 1 aromatic carbocycles. The van der Waals surface area contributed by atoms with E-state index < -0.39 is 24.4 Å². The lowest BCUT2D eigenvalue weighted by molar-refractivity contribution is 0.0281. The number of pyridine rings is 1. The van der Waals surface area contributed by atoms with Crippen LogP contribution in [0.2, 0.25) is 0 Å². The van der Waals surface area contributed by atoms with Crippen LogP contribution >= 0.6 is 0 Å². The fourth-order valence-electron chi connectivity index (χ4n) is 4.07. The number of carbonyl (C=O) groups is 1. The SMILES string of the molecule is CC(CF)(c1cc(NC(=O)c2ccc3c(c2)N(Cc2cnc4ccccn24)CC3)no1)C(F)F. The van der Waals surface area contributed by atoms with Crippen molar-refractivity contribution in [2.45, 2.75) is 31.7 Å². The van der Waals surface area contributed by atoms with Crippen molar-refractivity contribution in [2.75, 3.05) is 23.4 Å². The Morgan fingerprint density at radius 3 is 2.91 bits per heavy atom. The van der Waals surface area contributed by atoms with E-state index in [4.69, 9.17) is 4.52 Å². The van der Waals surface area contributed by atoms with Crippen LogP contribution in [0.3, 0.4) is 0 Å². The third-order valence-electron chi connectivity index (χ3n) is 6.26. The van der Waals surface area contributed by atoms with Crippen LogP contribution < -0.4 is 10.2 Å². The minimum absolute atomic E-state index is 0.0524. The number of hydrogen-bond donors (Lipinski definition) is 1. The van der Waals surface area contributed by atoms with E-state index in [2.05, 4.69) is 20.4 Å². The first kappa shape index (κ1) is 22.0. The molecule has 0 spiro atoms. The topological polar surface area (TPSA) is 75.7 Å². The van der Waals surface area contributed by atoms with Crippen LogP contribution in [0.25, 0.3) is 5.65 Å². The molecule has 4 heterocycles. The van der Waals surface area contributed by atoms with E-state index in [1.165, 1.54) is 0 Å². The molecule has 34 heavy (non-hydrogen) atoms. The Kier molecular flexibility index (Phi) is 5.51. The lowest BCUT2D eigenvalue weighted by Crippen LogP contribution is -2.32. The monoisotopic (exact) mass is 469 g/mol. The number of rotatable bonds is 7. The summed E-state index contributed by atoms with van der Waals surface area (Å²) in [6, 6.07) is 12.4. The van der Waals surface area contributed by atoms with E-state index in [1.807, 2.05) is 41.1 Å². The molecule has 0 fully saturated rings. The number of alkyl halides is 3. The first-order chi connectivity index (χ1) is 16.4. The number of nitrogens with zero attached hydrogens (tertiary/aromatic N) is 4. The van der Waals surface area contributed by atoms with Crippen molar-refractivity contribution in [1.29, 1.82) is 0 Å². The predicted octanol–water partition coefficient (Wildman–Crippen LogP) is 4.63. The standard InChI is InChI=1S/C24H22F3N5O2/c1-24(14-25,23(26)27)19-11-20(30-34-19)29-22(33)16-6-5-15-7-9-31(18(15)10-16)13-17-12-28-21-4-2-3-8-32(17)21/h2-6,8,10-12,23H,7,9,13-14H2,1H3,(H,29,30,33). The summed E-state index contributed by atoms with van der Waals surface area (Å²) in [5, 5.41) is 6.16. The van der Waals surface area contributed by atoms with Gasteiger partial charge in [0, 0.05) is 30.1 Å². The van der Waals surface area contributed by atoms with Crippen molar-refractivity contribution in [3.05, 3.63) is 77.4 Å². The molecule has 0 radical (unpaired) electrons. The van der Waals surface area contributed by atoms with Gasteiger partial charge in [0.25, 0.3) is 12.3 Å². The molecule has 1 N–H and O–H groups in total. The summed E-state index contributed by atoms with van der Waals surface area (Å²) in [6.07, 6.45) is 1.68. The highest BCUT2D eigenvalue weighted by atomic mass is 19.3. The molecule has 0 saturated carbocycles. The van der Waals surface area contributed by atoms with Gasteiger partial charge in [0.1, 0.15) is 17.7 Å². The van der Waals surface area contributed by atoms with Gasteiger partial charge in [-0.1, -0.05) is 17.3 Å². The maximum atomic E-state index is 13.3. The second-order valence-electron chi connectivity index (χ2n) is 8.58. The number of hydrogen-bond acceptors (Lipinski definition) is 5. The van der Waals surface area contributed by atoms with Crippen LogP contribution in [0.5, 0.6) is 0 Å². The summed E-state index contributed by atoms with van der Waals surface area (Å²) >= 11 is 0. The maximum absolute atomic E-state index is 13.3. The number of aromatic nitrogens is 3. The van der Waals surface area contributed by atoms with Gasteiger partial charge >= 0.3 is 0 Å². The Balaban J connectivity index is 1.34. The van der Waals surface area contributed by atoms with Gasteiger partial charge in [-0.25, -0.2) is 18.2 Å². The Bertz CT molecular complexity index is 1350. The Labute approximate surface area is 193 Å². The minimum Gasteiger partial charge on any atom is -0.365 e. The summed E-state index contributed by atoms with van der Waals surface area (Å²) in [7, 11) is 0. The number of carbonyl (C=O) groups excluding carboxylic acids is 1. The summed E-state index contributed by atoms with van der Waals surface area (Å²) < 4.78 is 46.7. The molecule has 5 rings (SSSR count). The van der Waals surface area contributed by atoms with Crippen molar-refractivity contribution < 1.29 is 22.5 Å². The van der Waals surface area contributed by atoms with Crippen LogP contribution in [0.15, 0.2) is 59.4 Å². The second kappa shape index (κ2) is 8.51. The summed E-state index contributed by atoms with van der Waals surface area (Å²) in [5.41, 5.74) is 2.24. The second-order valence-corrected chi connectivity index (χ2v) is 8.58. The molecule has 1 atom stereocenters. The van der Waals surface area contributed by atoms with Crippen molar-refractivity contribution in [3.8, 4) is 0 Å². The lowest BCUT2D eigenvalue weighted by atomic mass is 9.90. The first-order valence-electron chi connectivity index (χ1n) is 10.8. The van der Waals surface area contributed by atoms with Crippen LogP contribution in [0.1, 0.15) is 34.3 Å². The number of imidazole rings is 1. The molecular weight excluding hydrogens is 447 g/mol. The summed E-state index contributed by atoms with van der Waals surface area (Å²) in [5.74, 6) is -0.847. The van der Waals surface area contributed by atoms with Crippen LogP contribution in [-0.2, 0) is 18.4 Å². The number of nitrogens with one attached hydrogen (secondary N) is 1. The molecule has 10 heteroatoms. The largest absolute Gasteiger partial charge is 0.365 e. The number of halogens is 3. The highest BCUT2D eigenvalue weighted by Crippen LogP contribution is 2.34. The zero-order valence-corrected chi connectivity index (χ0v) is 18.3. The van der Waals surface area contributed by atoms with Crippen molar-refractivity contribution in [3.63, 3.8) is 0 Å². The highest BCUT2D eigenvalue weighted by Gasteiger charge is 2.41. The average molecular weight is 469 g/mol. The predicted molar refractivity (Wildman–Crippen MR) is 120 cm³/mol. The Morgan fingerprint density at radius 1 is 1.26 bits per heavy atom. The molecular formula is C24H22F3N5O2. The van der Waals surface area contributed by atoms with Gasteiger partial charge in [0.05, 0.1) is 18.4 Å². The molecule has 7 nitrogen and oxygen atoms in total.